The van der Waals surface area contributed by atoms with E-state index in [1.54, 1.807) is 12.1 Å². The van der Waals surface area contributed by atoms with Crippen molar-refractivity contribution in [1.29, 1.82) is 0 Å². The topological polar surface area (TPSA) is 81.2 Å². The molecule has 1 heterocycles. The fourth-order valence-corrected chi connectivity index (χ4v) is 2.56. The molecule has 1 aromatic carbocycles. The lowest BCUT2D eigenvalue weighted by atomic mass is 10.2. The molecule has 2 aromatic rings. The van der Waals surface area contributed by atoms with Crippen LogP contribution >= 0.6 is 23.4 Å². The van der Waals surface area contributed by atoms with E-state index in [2.05, 4.69) is 20.0 Å². The molecule has 0 fully saturated rings. The molecule has 1 aromatic heterocycles. The molecule has 6 nitrogen and oxygen atoms in total. The first kappa shape index (κ1) is 18.2. The summed E-state index contributed by atoms with van der Waals surface area (Å²) in [6, 6.07) is 6.04. The van der Waals surface area contributed by atoms with Gasteiger partial charge in [0.1, 0.15) is 12.4 Å². The third-order valence-corrected chi connectivity index (χ3v) is 4.05. The van der Waals surface area contributed by atoms with Gasteiger partial charge in [0, 0.05) is 5.75 Å². The summed E-state index contributed by atoms with van der Waals surface area (Å²) >= 11 is 7.20. The van der Waals surface area contributed by atoms with Gasteiger partial charge in [-0.05, 0) is 17.7 Å². The number of carbonyl (C=O) groups excluding carboxylic acids is 2. The Bertz CT molecular complexity index is 743. The number of thioether (sulfide) groups is 1. The Labute approximate surface area is 146 Å². The summed E-state index contributed by atoms with van der Waals surface area (Å²) in [7, 11) is 1.22. The molecular formula is C15H13ClFN3O3S. The second-order valence-corrected chi connectivity index (χ2v) is 5.87. The number of rotatable bonds is 6. The average Bonchev–Trinajstić information content (AvgIpc) is 2.60. The molecular weight excluding hydrogens is 357 g/mol. The predicted molar refractivity (Wildman–Crippen MR) is 87.4 cm³/mol. The van der Waals surface area contributed by atoms with Crippen LogP contribution in [-0.2, 0) is 15.3 Å². The molecule has 0 saturated carbocycles. The van der Waals surface area contributed by atoms with Gasteiger partial charge >= 0.3 is 5.97 Å². The van der Waals surface area contributed by atoms with Crippen molar-refractivity contribution in [3.63, 3.8) is 0 Å². The Hall–Kier alpha value is -2.19. The summed E-state index contributed by atoms with van der Waals surface area (Å²) < 4.78 is 17.3. The van der Waals surface area contributed by atoms with Gasteiger partial charge in [-0.2, -0.15) is 0 Å². The fraction of sp³-hybridized carbons (Fsp3) is 0.200. The van der Waals surface area contributed by atoms with Crippen molar-refractivity contribution in [3.8, 4) is 0 Å². The van der Waals surface area contributed by atoms with Crippen molar-refractivity contribution in [3.05, 3.63) is 52.6 Å². The van der Waals surface area contributed by atoms with E-state index in [4.69, 9.17) is 11.6 Å². The second kappa shape index (κ2) is 8.60. The number of hydrogen-bond donors (Lipinski definition) is 1. The van der Waals surface area contributed by atoms with E-state index in [1.807, 2.05) is 0 Å². The van der Waals surface area contributed by atoms with Crippen molar-refractivity contribution in [2.24, 2.45) is 0 Å². The lowest BCUT2D eigenvalue weighted by Crippen LogP contribution is -2.31. The van der Waals surface area contributed by atoms with Gasteiger partial charge in [-0.15, -0.1) is 0 Å². The Balaban J connectivity index is 2.03. The van der Waals surface area contributed by atoms with E-state index in [-0.39, 0.29) is 23.1 Å². The minimum atomic E-state index is -0.601. The van der Waals surface area contributed by atoms with Crippen LogP contribution in [-0.4, -0.2) is 35.5 Å². The van der Waals surface area contributed by atoms with Crippen molar-refractivity contribution in [2.75, 3.05) is 13.7 Å². The molecule has 0 aliphatic heterocycles. The number of ether oxygens (including phenoxy) is 1. The van der Waals surface area contributed by atoms with E-state index in [1.165, 1.54) is 37.2 Å². The Morgan fingerprint density at radius 1 is 1.33 bits per heavy atom. The number of hydrogen-bond acceptors (Lipinski definition) is 6. The lowest BCUT2D eigenvalue weighted by Gasteiger charge is -2.07. The van der Waals surface area contributed by atoms with E-state index in [0.29, 0.717) is 10.9 Å². The molecule has 0 unspecified atom stereocenters. The van der Waals surface area contributed by atoms with Crippen LogP contribution in [0.25, 0.3) is 0 Å². The minimum Gasteiger partial charge on any atom is -0.468 e. The number of aromatic nitrogens is 2. The molecule has 0 atom stereocenters. The molecule has 2 rings (SSSR count). The quantitative estimate of drug-likeness (QED) is 0.478. The Kier molecular flexibility index (Phi) is 6.51. The third-order valence-electron chi connectivity index (χ3n) is 2.84. The fourth-order valence-electron chi connectivity index (χ4n) is 1.62. The zero-order chi connectivity index (χ0) is 17.5. The first-order chi connectivity index (χ1) is 11.5. The highest BCUT2D eigenvalue weighted by molar-refractivity contribution is 7.98. The standard InChI is InChI=1S/C15H13ClFN3O3S/c1-23-12(21)7-18-14(22)13-11(16)6-19-15(20-13)24-8-9-2-4-10(17)5-3-9/h2-6H,7-8H2,1H3,(H,18,22). The molecule has 0 aliphatic rings. The number of amides is 1. The largest absolute Gasteiger partial charge is 0.468 e. The predicted octanol–water partition coefficient (Wildman–Crippen LogP) is 2.46. The highest BCUT2D eigenvalue weighted by Crippen LogP contribution is 2.22. The van der Waals surface area contributed by atoms with Crippen LogP contribution in [0.5, 0.6) is 0 Å². The summed E-state index contributed by atoms with van der Waals surface area (Å²) in [5, 5.41) is 2.77. The van der Waals surface area contributed by atoms with Gasteiger partial charge in [0.25, 0.3) is 5.91 Å². The van der Waals surface area contributed by atoms with E-state index >= 15 is 0 Å². The van der Waals surface area contributed by atoms with E-state index in [9.17, 15) is 14.0 Å². The van der Waals surface area contributed by atoms with E-state index < -0.39 is 11.9 Å². The molecule has 0 spiro atoms. The molecule has 1 amide bonds. The normalized spacial score (nSPS) is 10.3. The van der Waals surface area contributed by atoms with Crippen LogP contribution in [0, 0.1) is 5.82 Å². The van der Waals surface area contributed by atoms with Crippen LogP contribution in [0.3, 0.4) is 0 Å². The molecule has 0 saturated heterocycles. The average molecular weight is 370 g/mol. The van der Waals surface area contributed by atoms with Crippen LogP contribution in [0.1, 0.15) is 16.1 Å². The molecule has 0 radical (unpaired) electrons. The summed E-state index contributed by atoms with van der Waals surface area (Å²) in [4.78, 5) is 31.2. The van der Waals surface area contributed by atoms with Gasteiger partial charge in [0.05, 0.1) is 18.3 Å². The number of halogens is 2. The van der Waals surface area contributed by atoms with Crippen LogP contribution < -0.4 is 5.32 Å². The minimum absolute atomic E-state index is 0.0304. The first-order valence-corrected chi connectivity index (χ1v) is 8.10. The molecule has 9 heteroatoms. The SMILES string of the molecule is COC(=O)CNC(=O)c1nc(SCc2ccc(F)cc2)ncc1Cl. The van der Waals surface area contributed by atoms with Gasteiger partial charge in [-0.3, -0.25) is 9.59 Å². The van der Waals surface area contributed by atoms with Crippen LogP contribution in [0.15, 0.2) is 35.6 Å². The second-order valence-electron chi connectivity index (χ2n) is 4.52. The van der Waals surface area contributed by atoms with Gasteiger partial charge < -0.3 is 10.1 Å². The molecule has 24 heavy (non-hydrogen) atoms. The third kappa shape index (κ3) is 5.17. The van der Waals surface area contributed by atoms with Crippen LogP contribution in [0.2, 0.25) is 5.02 Å². The van der Waals surface area contributed by atoms with Crippen LogP contribution in [0.4, 0.5) is 4.39 Å². The maximum Gasteiger partial charge on any atom is 0.325 e. The van der Waals surface area contributed by atoms with Crippen molar-refractivity contribution >= 4 is 35.2 Å². The molecule has 0 aliphatic carbocycles. The van der Waals surface area contributed by atoms with Gasteiger partial charge in [-0.1, -0.05) is 35.5 Å². The maximum absolute atomic E-state index is 12.9. The summed E-state index contributed by atoms with van der Waals surface area (Å²) in [5.41, 5.74) is 0.855. The molecule has 1 N–H and O–H groups in total. The number of nitrogens with one attached hydrogen (secondary N) is 1. The zero-order valence-electron chi connectivity index (χ0n) is 12.6. The maximum atomic E-state index is 12.9. The first-order valence-electron chi connectivity index (χ1n) is 6.74. The highest BCUT2D eigenvalue weighted by atomic mass is 35.5. The number of nitrogens with zero attached hydrogens (tertiary/aromatic N) is 2. The van der Waals surface area contributed by atoms with E-state index in [0.717, 1.165) is 5.56 Å². The Morgan fingerprint density at radius 2 is 2.04 bits per heavy atom. The van der Waals surface area contributed by atoms with Crippen molar-refractivity contribution in [2.45, 2.75) is 10.9 Å². The number of esters is 1. The summed E-state index contributed by atoms with van der Waals surface area (Å²) in [6.07, 6.45) is 1.31. The molecule has 126 valence electrons. The van der Waals surface area contributed by atoms with Crippen molar-refractivity contribution in [1.82, 2.24) is 15.3 Å². The van der Waals surface area contributed by atoms with Gasteiger partial charge in [0.2, 0.25) is 0 Å². The number of methoxy groups -OCH3 is 1. The van der Waals surface area contributed by atoms with Crippen molar-refractivity contribution < 1.29 is 18.7 Å². The number of benzene rings is 1. The number of carbonyl (C=O) groups is 2. The lowest BCUT2D eigenvalue weighted by molar-refractivity contribution is -0.139. The molecule has 0 bridgehead atoms. The monoisotopic (exact) mass is 369 g/mol. The zero-order valence-corrected chi connectivity index (χ0v) is 14.2. The summed E-state index contributed by atoms with van der Waals surface area (Å²) in [6.45, 7) is -0.284. The smallest absolute Gasteiger partial charge is 0.325 e. The highest BCUT2D eigenvalue weighted by Gasteiger charge is 2.15. The Morgan fingerprint density at radius 3 is 2.71 bits per heavy atom. The van der Waals surface area contributed by atoms with Gasteiger partial charge in [0.15, 0.2) is 10.9 Å². The van der Waals surface area contributed by atoms with Gasteiger partial charge in [-0.25, -0.2) is 14.4 Å². The summed E-state index contributed by atoms with van der Waals surface area (Å²) in [5.74, 6) is -0.988.